The summed E-state index contributed by atoms with van der Waals surface area (Å²) >= 11 is 0. The zero-order chi connectivity index (χ0) is 18.3. The zero-order valence-corrected chi connectivity index (χ0v) is 14.4. The number of nitrogens with one attached hydrogen (secondary N) is 2. The summed E-state index contributed by atoms with van der Waals surface area (Å²) in [5.41, 5.74) is 8.46. The number of anilines is 2. The number of ether oxygens (including phenoxy) is 1. The predicted octanol–water partition coefficient (Wildman–Crippen LogP) is 2.33. The first-order valence-electron chi connectivity index (χ1n) is 8.58. The van der Waals surface area contributed by atoms with Gasteiger partial charge >= 0.3 is 0 Å². The van der Waals surface area contributed by atoms with Crippen LogP contribution < -0.4 is 11.1 Å². The fourth-order valence-electron chi connectivity index (χ4n) is 3.24. The molecule has 0 spiro atoms. The maximum absolute atomic E-state index is 5.95. The van der Waals surface area contributed by atoms with E-state index in [0.29, 0.717) is 25.0 Å². The molecule has 0 radical (unpaired) electrons. The van der Waals surface area contributed by atoms with E-state index in [1.807, 2.05) is 36.4 Å². The molecular formula is C19H17N7O. The van der Waals surface area contributed by atoms with Gasteiger partial charge in [-0.25, -0.2) is 0 Å². The minimum atomic E-state index is -0.361. The molecular weight excluding hydrogens is 342 g/mol. The van der Waals surface area contributed by atoms with E-state index in [1.54, 1.807) is 6.20 Å². The number of rotatable bonds is 4. The fourth-order valence-corrected chi connectivity index (χ4v) is 3.24. The van der Waals surface area contributed by atoms with Crippen LogP contribution in [-0.4, -0.2) is 38.4 Å². The number of benzene rings is 2. The van der Waals surface area contributed by atoms with Crippen molar-refractivity contribution in [2.75, 3.05) is 24.3 Å². The normalized spacial score (nSPS) is 15.4. The third-order valence-electron chi connectivity index (χ3n) is 4.73. The number of aromatic amines is 1. The molecule has 134 valence electrons. The first-order chi connectivity index (χ1) is 13.2. The minimum absolute atomic E-state index is 0.163. The van der Waals surface area contributed by atoms with Crippen molar-refractivity contribution >= 4 is 22.8 Å². The molecule has 1 saturated heterocycles. The van der Waals surface area contributed by atoms with Crippen molar-refractivity contribution in [3.05, 3.63) is 60.3 Å². The van der Waals surface area contributed by atoms with Crippen LogP contribution in [0.25, 0.3) is 22.3 Å². The van der Waals surface area contributed by atoms with Crippen molar-refractivity contribution in [3.8, 4) is 11.4 Å². The number of nitrogens with two attached hydrogens (primary N) is 1. The van der Waals surface area contributed by atoms with Gasteiger partial charge in [0.05, 0.1) is 24.9 Å². The molecule has 4 N–H and O–H groups in total. The van der Waals surface area contributed by atoms with E-state index in [4.69, 9.17) is 10.5 Å². The molecule has 1 fully saturated rings. The van der Waals surface area contributed by atoms with Crippen molar-refractivity contribution in [2.45, 2.75) is 5.54 Å². The largest absolute Gasteiger partial charge is 0.376 e. The molecule has 5 rings (SSSR count). The number of H-pyrrole nitrogens is 1. The summed E-state index contributed by atoms with van der Waals surface area (Å²) in [7, 11) is 0. The van der Waals surface area contributed by atoms with E-state index in [0.717, 1.165) is 22.0 Å². The van der Waals surface area contributed by atoms with Crippen molar-refractivity contribution < 1.29 is 4.74 Å². The summed E-state index contributed by atoms with van der Waals surface area (Å²) in [5.74, 6) is 1.09. The Hall–Kier alpha value is -3.52. The van der Waals surface area contributed by atoms with E-state index in [9.17, 15) is 0 Å². The molecule has 2 aromatic heterocycles. The molecule has 3 heterocycles. The third-order valence-corrected chi connectivity index (χ3v) is 4.73. The van der Waals surface area contributed by atoms with E-state index >= 15 is 0 Å². The maximum Gasteiger partial charge on any atom is 0.228 e. The van der Waals surface area contributed by atoms with E-state index in [1.165, 1.54) is 0 Å². The van der Waals surface area contributed by atoms with E-state index in [2.05, 4.69) is 42.6 Å². The molecule has 2 aromatic carbocycles. The Morgan fingerprint density at radius 1 is 1.04 bits per heavy atom. The molecule has 0 bridgehead atoms. The highest BCUT2D eigenvalue weighted by Crippen LogP contribution is 2.33. The molecule has 1 aliphatic rings. The minimum Gasteiger partial charge on any atom is -0.376 e. The smallest absolute Gasteiger partial charge is 0.228 e. The van der Waals surface area contributed by atoms with Gasteiger partial charge in [-0.1, -0.05) is 42.5 Å². The highest BCUT2D eigenvalue weighted by molar-refractivity contribution is 5.82. The van der Waals surface area contributed by atoms with Gasteiger partial charge in [-0.2, -0.15) is 20.1 Å². The first-order valence-corrected chi connectivity index (χ1v) is 8.58. The molecule has 0 saturated carbocycles. The number of nitrogen functional groups attached to an aromatic ring is 1. The molecule has 27 heavy (non-hydrogen) atoms. The molecule has 4 aromatic rings. The maximum atomic E-state index is 5.95. The van der Waals surface area contributed by atoms with Crippen molar-refractivity contribution in [3.63, 3.8) is 0 Å². The second kappa shape index (κ2) is 6.03. The van der Waals surface area contributed by atoms with Crippen LogP contribution in [0.5, 0.6) is 0 Å². The Morgan fingerprint density at radius 3 is 2.67 bits per heavy atom. The lowest BCUT2D eigenvalue weighted by atomic mass is 9.88. The Balaban J connectivity index is 1.52. The van der Waals surface area contributed by atoms with Gasteiger partial charge in [0.1, 0.15) is 5.54 Å². The van der Waals surface area contributed by atoms with E-state index in [-0.39, 0.29) is 11.5 Å². The number of hydrogen-bond donors (Lipinski definition) is 3. The van der Waals surface area contributed by atoms with Crippen LogP contribution >= 0.6 is 0 Å². The Labute approximate surface area is 154 Å². The average molecular weight is 359 g/mol. The molecule has 8 nitrogen and oxygen atoms in total. The van der Waals surface area contributed by atoms with Gasteiger partial charge in [-0.15, -0.1) is 0 Å². The van der Waals surface area contributed by atoms with Gasteiger partial charge in [-0.3, -0.25) is 5.10 Å². The molecule has 0 unspecified atom stereocenters. The SMILES string of the molecule is Nc1nc(NC2(c3ccccc3)COC2)nc(-c2ccc3cn[nH]c3c2)n1. The van der Waals surface area contributed by atoms with E-state index < -0.39 is 0 Å². The lowest BCUT2D eigenvalue weighted by molar-refractivity contribution is -0.0450. The van der Waals surface area contributed by atoms with Crippen LogP contribution in [0, 0.1) is 0 Å². The monoisotopic (exact) mass is 359 g/mol. The summed E-state index contributed by atoms with van der Waals surface area (Å²) in [5, 5.41) is 11.4. The molecule has 0 aliphatic carbocycles. The number of fused-ring (bicyclic) bond motifs is 1. The Bertz CT molecular complexity index is 1110. The number of aromatic nitrogens is 5. The standard InChI is InChI=1S/C19H17N7O/c20-17-22-16(12-6-7-13-9-21-26-15(13)8-12)23-18(24-17)25-19(10-27-11-19)14-4-2-1-3-5-14/h1-9H,10-11H2,(H,21,26)(H3,20,22,23,24,25). The highest BCUT2D eigenvalue weighted by atomic mass is 16.5. The van der Waals surface area contributed by atoms with Crippen LogP contribution in [0.1, 0.15) is 5.56 Å². The summed E-state index contributed by atoms with van der Waals surface area (Å²) < 4.78 is 5.47. The molecule has 0 amide bonds. The van der Waals surface area contributed by atoms with Gasteiger partial charge in [0.25, 0.3) is 0 Å². The van der Waals surface area contributed by atoms with Crippen LogP contribution in [0.15, 0.2) is 54.7 Å². The number of nitrogens with zero attached hydrogens (tertiary/aromatic N) is 4. The average Bonchev–Trinajstić information content (AvgIpc) is 3.13. The quantitative estimate of drug-likeness (QED) is 0.512. The van der Waals surface area contributed by atoms with Gasteiger partial charge in [0.15, 0.2) is 5.82 Å². The predicted molar refractivity (Wildman–Crippen MR) is 102 cm³/mol. The van der Waals surface area contributed by atoms with Crippen LogP contribution in [0.2, 0.25) is 0 Å². The highest BCUT2D eigenvalue weighted by Gasteiger charge is 2.41. The Morgan fingerprint density at radius 2 is 1.89 bits per heavy atom. The summed E-state index contributed by atoms with van der Waals surface area (Å²) in [6.07, 6.45) is 1.77. The van der Waals surface area contributed by atoms with Crippen molar-refractivity contribution in [1.82, 2.24) is 25.1 Å². The topological polar surface area (TPSA) is 115 Å². The summed E-state index contributed by atoms with van der Waals surface area (Å²) in [6, 6.07) is 16.0. The Kier molecular flexibility index (Phi) is 3.51. The summed E-state index contributed by atoms with van der Waals surface area (Å²) in [6.45, 7) is 1.08. The second-order valence-electron chi connectivity index (χ2n) is 6.58. The van der Waals surface area contributed by atoms with Gasteiger partial charge in [-0.05, 0) is 11.6 Å². The third kappa shape index (κ3) is 2.76. The zero-order valence-electron chi connectivity index (χ0n) is 14.4. The molecule has 0 atom stereocenters. The van der Waals surface area contributed by atoms with Gasteiger partial charge < -0.3 is 15.8 Å². The second-order valence-corrected chi connectivity index (χ2v) is 6.58. The van der Waals surface area contributed by atoms with Gasteiger partial charge in [0, 0.05) is 10.9 Å². The lowest BCUT2D eigenvalue weighted by Crippen LogP contribution is -2.53. The fraction of sp³-hybridized carbons (Fsp3) is 0.158. The van der Waals surface area contributed by atoms with Crippen molar-refractivity contribution in [2.24, 2.45) is 0 Å². The molecule has 8 heteroatoms. The lowest BCUT2D eigenvalue weighted by Gasteiger charge is -2.42. The van der Waals surface area contributed by atoms with Crippen LogP contribution in [-0.2, 0) is 10.3 Å². The summed E-state index contributed by atoms with van der Waals surface area (Å²) in [4.78, 5) is 13.1. The molecule has 1 aliphatic heterocycles. The van der Waals surface area contributed by atoms with Crippen molar-refractivity contribution in [1.29, 1.82) is 0 Å². The van der Waals surface area contributed by atoms with Crippen LogP contribution in [0.4, 0.5) is 11.9 Å². The first kappa shape index (κ1) is 15.7. The number of hydrogen-bond acceptors (Lipinski definition) is 7. The van der Waals surface area contributed by atoms with Crippen LogP contribution in [0.3, 0.4) is 0 Å². The van der Waals surface area contributed by atoms with Gasteiger partial charge in [0.2, 0.25) is 11.9 Å².